The van der Waals surface area contributed by atoms with Gasteiger partial charge in [0.2, 0.25) is 5.91 Å². The third-order valence-corrected chi connectivity index (χ3v) is 6.67. The van der Waals surface area contributed by atoms with Crippen LogP contribution in [0.1, 0.15) is 27.7 Å². The number of rotatable bonds is 3. The van der Waals surface area contributed by atoms with Crippen LogP contribution in [0.2, 0.25) is 0 Å². The number of hydrogen-bond acceptors (Lipinski definition) is 5. The highest BCUT2D eigenvalue weighted by molar-refractivity contribution is 8.01. The number of carbonyl (C=O) groups is 1. The molecule has 0 aromatic heterocycles. The second kappa shape index (κ2) is 6.01. The van der Waals surface area contributed by atoms with E-state index in [0.29, 0.717) is 12.3 Å². The second-order valence-corrected chi connectivity index (χ2v) is 9.45. The molecule has 0 bridgehead atoms. The third kappa shape index (κ3) is 3.86. The summed E-state index contributed by atoms with van der Waals surface area (Å²) in [5.74, 6) is 0.999. The molecular weight excluding hydrogens is 284 g/mol. The van der Waals surface area contributed by atoms with E-state index in [0.717, 1.165) is 5.75 Å². The van der Waals surface area contributed by atoms with Crippen molar-refractivity contribution >= 4 is 27.5 Å². The topological polar surface area (TPSA) is 80.5 Å². The van der Waals surface area contributed by atoms with Crippen LogP contribution in [0.15, 0.2) is 0 Å². The number of thioether (sulfide) groups is 1. The van der Waals surface area contributed by atoms with Gasteiger partial charge < -0.3 is 10.6 Å². The molecule has 1 saturated heterocycles. The van der Waals surface area contributed by atoms with Crippen molar-refractivity contribution in [1.29, 1.82) is 0 Å². The van der Waals surface area contributed by atoms with Gasteiger partial charge in [0, 0.05) is 23.8 Å². The molecule has 1 aliphatic heterocycles. The number of carbonyl (C=O) groups excluding carboxylic acids is 1. The molecule has 1 fully saturated rings. The van der Waals surface area contributed by atoms with E-state index in [1.54, 1.807) is 18.7 Å². The zero-order valence-electron chi connectivity index (χ0n) is 12.0. The Morgan fingerprint density at radius 2 is 2.05 bits per heavy atom. The van der Waals surface area contributed by atoms with Crippen molar-refractivity contribution in [1.82, 2.24) is 4.90 Å². The number of amides is 1. The predicted molar refractivity (Wildman–Crippen MR) is 79.7 cm³/mol. The van der Waals surface area contributed by atoms with Crippen LogP contribution in [0.25, 0.3) is 0 Å². The van der Waals surface area contributed by atoms with Gasteiger partial charge in [-0.1, -0.05) is 27.7 Å². The number of sulfone groups is 1. The first kappa shape index (κ1) is 16.8. The summed E-state index contributed by atoms with van der Waals surface area (Å²) in [4.78, 5) is 13.9. The molecule has 1 rings (SSSR count). The van der Waals surface area contributed by atoms with Gasteiger partial charge in [-0.25, -0.2) is 8.42 Å². The Morgan fingerprint density at radius 3 is 2.53 bits per heavy atom. The molecule has 2 atom stereocenters. The van der Waals surface area contributed by atoms with Gasteiger partial charge in [-0.2, -0.15) is 11.8 Å². The quantitative estimate of drug-likeness (QED) is 0.830. The van der Waals surface area contributed by atoms with Crippen molar-refractivity contribution in [3.05, 3.63) is 0 Å². The van der Waals surface area contributed by atoms with Gasteiger partial charge in [0.05, 0.1) is 6.04 Å². The van der Waals surface area contributed by atoms with Crippen molar-refractivity contribution in [2.75, 3.05) is 23.8 Å². The summed E-state index contributed by atoms with van der Waals surface area (Å²) in [6.45, 7) is 7.73. The van der Waals surface area contributed by atoms with E-state index < -0.39 is 21.3 Å². The average molecular weight is 308 g/mol. The van der Waals surface area contributed by atoms with Crippen molar-refractivity contribution < 1.29 is 13.2 Å². The third-order valence-electron chi connectivity index (χ3n) is 3.38. The van der Waals surface area contributed by atoms with Crippen LogP contribution in [0, 0.1) is 5.41 Å². The van der Waals surface area contributed by atoms with E-state index in [-0.39, 0.29) is 17.1 Å². The van der Waals surface area contributed by atoms with Crippen LogP contribution < -0.4 is 5.73 Å². The fourth-order valence-electron chi connectivity index (χ4n) is 1.87. The summed E-state index contributed by atoms with van der Waals surface area (Å²) < 4.78 is 24.2. The molecule has 0 saturated carbocycles. The maximum absolute atomic E-state index is 12.4. The summed E-state index contributed by atoms with van der Waals surface area (Å²) in [7, 11) is -3.27. The van der Waals surface area contributed by atoms with Gasteiger partial charge in [0.25, 0.3) is 0 Å². The molecule has 2 unspecified atom stereocenters. The average Bonchev–Trinajstić information content (AvgIpc) is 2.36. The highest BCUT2D eigenvalue weighted by Crippen LogP contribution is 2.25. The van der Waals surface area contributed by atoms with Crippen molar-refractivity contribution in [3.8, 4) is 0 Å². The Hall–Kier alpha value is -0.270. The Bertz CT molecular complexity index is 429. The van der Waals surface area contributed by atoms with Gasteiger partial charge >= 0.3 is 0 Å². The van der Waals surface area contributed by atoms with Crippen LogP contribution in [-0.2, 0) is 14.6 Å². The molecule has 1 aliphatic rings. The lowest BCUT2D eigenvalue weighted by atomic mass is 9.86. The van der Waals surface area contributed by atoms with E-state index >= 15 is 0 Å². The number of hydrogen-bond donors (Lipinski definition) is 1. The molecule has 19 heavy (non-hydrogen) atoms. The summed E-state index contributed by atoms with van der Waals surface area (Å²) in [6.07, 6.45) is 0. The lowest BCUT2D eigenvalue weighted by Gasteiger charge is -2.38. The Balaban J connectivity index is 2.99. The SMILES string of the molecule is CCS(=O)(=O)C1CSCCN1C(=O)C(N)C(C)(C)C. The first-order valence-electron chi connectivity index (χ1n) is 6.46. The maximum atomic E-state index is 12.4. The summed E-state index contributed by atoms with van der Waals surface area (Å²) >= 11 is 1.57. The molecule has 112 valence electrons. The molecule has 2 N–H and O–H groups in total. The molecule has 0 aliphatic carbocycles. The lowest BCUT2D eigenvalue weighted by Crippen LogP contribution is -2.58. The monoisotopic (exact) mass is 308 g/mol. The smallest absolute Gasteiger partial charge is 0.241 e. The van der Waals surface area contributed by atoms with Crippen molar-refractivity contribution in [2.45, 2.75) is 39.1 Å². The normalized spacial score (nSPS) is 23.2. The summed E-state index contributed by atoms with van der Waals surface area (Å²) in [5.41, 5.74) is 5.61. The zero-order chi connectivity index (χ0) is 14.8. The fraction of sp³-hybridized carbons (Fsp3) is 0.917. The van der Waals surface area contributed by atoms with Crippen LogP contribution in [-0.4, -0.2) is 54.4 Å². The van der Waals surface area contributed by atoms with Gasteiger partial charge in [-0.15, -0.1) is 0 Å². The number of nitrogens with two attached hydrogens (primary N) is 1. The van der Waals surface area contributed by atoms with Gasteiger partial charge in [0.15, 0.2) is 9.84 Å². The van der Waals surface area contributed by atoms with Crippen LogP contribution >= 0.6 is 11.8 Å². The molecular formula is C12H24N2O3S2. The highest BCUT2D eigenvalue weighted by atomic mass is 32.2. The molecule has 1 amide bonds. The lowest BCUT2D eigenvalue weighted by molar-refractivity contribution is -0.135. The van der Waals surface area contributed by atoms with E-state index in [1.807, 2.05) is 20.8 Å². The van der Waals surface area contributed by atoms with Crippen LogP contribution in [0.4, 0.5) is 0 Å². The van der Waals surface area contributed by atoms with Crippen LogP contribution in [0.3, 0.4) is 0 Å². The molecule has 5 nitrogen and oxygen atoms in total. The first-order chi connectivity index (χ1) is 8.61. The van der Waals surface area contributed by atoms with E-state index in [4.69, 9.17) is 5.73 Å². The minimum atomic E-state index is -3.27. The van der Waals surface area contributed by atoms with Crippen molar-refractivity contribution in [3.63, 3.8) is 0 Å². The second-order valence-electron chi connectivity index (χ2n) is 5.86. The van der Waals surface area contributed by atoms with E-state index in [2.05, 4.69) is 0 Å². The van der Waals surface area contributed by atoms with E-state index in [9.17, 15) is 13.2 Å². The first-order valence-corrected chi connectivity index (χ1v) is 9.33. The minimum absolute atomic E-state index is 0.0484. The Morgan fingerprint density at radius 1 is 1.47 bits per heavy atom. The Labute approximate surface area is 120 Å². The molecule has 0 radical (unpaired) electrons. The largest absolute Gasteiger partial charge is 0.323 e. The molecule has 7 heteroatoms. The Kier molecular flexibility index (Phi) is 5.31. The molecule has 1 heterocycles. The van der Waals surface area contributed by atoms with Gasteiger partial charge in [0.1, 0.15) is 5.37 Å². The summed E-state index contributed by atoms with van der Waals surface area (Å²) in [6, 6.07) is -0.676. The maximum Gasteiger partial charge on any atom is 0.241 e. The number of nitrogens with zero attached hydrogens (tertiary/aromatic N) is 1. The van der Waals surface area contributed by atoms with E-state index in [1.165, 1.54) is 4.90 Å². The standard InChI is InChI=1S/C12H24N2O3S2/c1-5-19(16,17)9-8-18-7-6-14(9)11(15)10(13)12(2,3)4/h9-10H,5-8,13H2,1-4H3. The van der Waals surface area contributed by atoms with Crippen LogP contribution in [0.5, 0.6) is 0 Å². The van der Waals surface area contributed by atoms with Gasteiger partial charge in [-0.3, -0.25) is 4.79 Å². The summed E-state index contributed by atoms with van der Waals surface area (Å²) in [5, 5.41) is -0.725. The minimum Gasteiger partial charge on any atom is -0.323 e. The van der Waals surface area contributed by atoms with Crippen molar-refractivity contribution in [2.24, 2.45) is 11.1 Å². The molecule has 0 aromatic rings. The highest BCUT2D eigenvalue weighted by Gasteiger charge is 2.40. The molecule has 0 aromatic carbocycles. The molecule has 0 spiro atoms. The van der Waals surface area contributed by atoms with Gasteiger partial charge in [-0.05, 0) is 5.41 Å². The fourth-order valence-corrected chi connectivity index (χ4v) is 4.85. The zero-order valence-corrected chi connectivity index (χ0v) is 13.7. The predicted octanol–water partition coefficient (Wildman–Crippen LogP) is 0.696.